The summed E-state index contributed by atoms with van der Waals surface area (Å²) in [5.74, 6) is -0.478. The van der Waals surface area contributed by atoms with E-state index in [4.69, 9.17) is 9.26 Å². The molecule has 2 heterocycles. The summed E-state index contributed by atoms with van der Waals surface area (Å²) in [6, 6.07) is 15.6. The van der Waals surface area contributed by atoms with E-state index in [1.807, 2.05) is 30.3 Å². The molecule has 1 aromatic heterocycles. The summed E-state index contributed by atoms with van der Waals surface area (Å²) in [4.78, 5) is 26.9. The maximum absolute atomic E-state index is 12.9. The van der Waals surface area contributed by atoms with Crippen LogP contribution in [0.15, 0.2) is 64.0 Å². The van der Waals surface area contributed by atoms with Crippen LogP contribution in [0.2, 0.25) is 0 Å². The number of fused-ring (bicyclic) bond motifs is 1. The molecule has 2 aromatic carbocycles. The van der Waals surface area contributed by atoms with E-state index >= 15 is 0 Å². The number of aromatic nitrogens is 1. The van der Waals surface area contributed by atoms with E-state index in [1.165, 1.54) is 23.1 Å². The second-order valence-electron chi connectivity index (χ2n) is 7.86. The predicted molar refractivity (Wildman–Crippen MR) is 120 cm³/mol. The molecule has 1 aliphatic heterocycles. The Morgan fingerprint density at radius 2 is 1.94 bits per heavy atom. The van der Waals surface area contributed by atoms with Gasteiger partial charge in [0.1, 0.15) is 18.1 Å². The van der Waals surface area contributed by atoms with Gasteiger partial charge in [-0.05, 0) is 23.8 Å². The van der Waals surface area contributed by atoms with Crippen LogP contribution in [0, 0.1) is 5.92 Å². The third-order valence-corrected chi connectivity index (χ3v) is 6.47. The highest BCUT2D eigenvalue weighted by atomic mass is 32.2. The third-order valence-electron chi connectivity index (χ3n) is 5.36. The van der Waals surface area contributed by atoms with Gasteiger partial charge in [-0.3, -0.25) is 9.59 Å². The number of hydrogen-bond acceptors (Lipinski definition) is 7. The van der Waals surface area contributed by atoms with Gasteiger partial charge in [-0.15, -0.1) is 0 Å². The Labute approximate surface area is 191 Å². The van der Waals surface area contributed by atoms with Crippen molar-refractivity contribution in [1.82, 2.24) is 10.5 Å². The van der Waals surface area contributed by atoms with Crippen molar-refractivity contribution in [2.75, 3.05) is 31.4 Å². The van der Waals surface area contributed by atoms with E-state index in [1.54, 1.807) is 13.1 Å². The monoisotopic (exact) mass is 469 g/mol. The lowest BCUT2D eigenvalue weighted by molar-refractivity contribution is -0.122. The summed E-state index contributed by atoms with van der Waals surface area (Å²) in [6.07, 6.45) is 1.61. The lowest BCUT2D eigenvalue weighted by Crippen LogP contribution is -2.41. The van der Waals surface area contributed by atoms with Crippen LogP contribution in [0.1, 0.15) is 21.8 Å². The molecule has 0 fully saturated rings. The number of benzene rings is 2. The van der Waals surface area contributed by atoms with Crippen LogP contribution in [0.4, 0.5) is 5.69 Å². The predicted octanol–water partition coefficient (Wildman–Crippen LogP) is 2.07. The van der Waals surface area contributed by atoms with E-state index in [2.05, 4.69) is 10.5 Å². The first-order valence-corrected chi connectivity index (χ1v) is 12.1. The topological polar surface area (TPSA) is 119 Å². The molecule has 0 radical (unpaired) electrons. The molecule has 2 amide bonds. The lowest BCUT2D eigenvalue weighted by atomic mass is 10.1. The Morgan fingerprint density at radius 1 is 1.18 bits per heavy atom. The highest BCUT2D eigenvalue weighted by molar-refractivity contribution is 7.90. The van der Waals surface area contributed by atoms with Crippen molar-refractivity contribution in [3.05, 3.63) is 71.6 Å². The van der Waals surface area contributed by atoms with Crippen LogP contribution in [0.25, 0.3) is 0 Å². The molecule has 0 aliphatic carbocycles. The SMILES string of the molecule is CN1C(=O)C(CNC(=O)c2cc(Cc3ccccc3)on2)COc2ccc(S(C)(=O)=O)cc21. The number of carbonyl (C=O) groups is 2. The van der Waals surface area contributed by atoms with Crippen molar-refractivity contribution >= 4 is 27.3 Å². The van der Waals surface area contributed by atoms with Gasteiger partial charge in [-0.25, -0.2) is 8.42 Å². The summed E-state index contributed by atoms with van der Waals surface area (Å²) in [7, 11) is -1.89. The minimum atomic E-state index is -3.44. The number of amides is 2. The van der Waals surface area contributed by atoms with Crippen molar-refractivity contribution < 1.29 is 27.3 Å². The molecule has 10 heteroatoms. The number of nitrogens with zero attached hydrogens (tertiary/aromatic N) is 2. The summed E-state index contributed by atoms with van der Waals surface area (Å²) in [5, 5.41) is 6.53. The van der Waals surface area contributed by atoms with Crippen LogP contribution in [-0.4, -0.2) is 51.8 Å². The van der Waals surface area contributed by atoms with Gasteiger partial charge in [0, 0.05) is 32.3 Å². The molecule has 33 heavy (non-hydrogen) atoms. The third kappa shape index (κ3) is 5.06. The number of hydrogen-bond donors (Lipinski definition) is 1. The molecule has 0 bridgehead atoms. The molecule has 9 nitrogen and oxygen atoms in total. The Kier molecular flexibility index (Phi) is 6.19. The first-order chi connectivity index (χ1) is 15.7. The maximum Gasteiger partial charge on any atom is 0.273 e. The van der Waals surface area contributed by atoms with Crippen LogP contribution in [-0.2, 0) is 21.1 Å². The summed E-state index contributed by atoms with van der Waals surface area (Å²) >= 11 is 0. The fourth-order valence-corrected chi connectivity index (χ4v) is 4.16. The second-order valence-corrected chi connectivity index (χ2v) is 9.87. The van der Waals surface area contributed by atoms with Gasteiger partial charge < -0.3 is 19.5 Å². The zero-order chi connectivity index (χ0) is 23.6. The number of carbonyl (C=O) groups excluding carboxylic acids is 2. The summed E-state index contributed by atoms with van der Waals surface area (Å²) in [5.41, 5.74) is 1.51. The van der Waals surface area contributed by atoms with E-state index in [0.29, 0.717) is 23.6 Å². The molecule has 3 aromatic rings. The molecular weight excluding hydrogens is 446 g/mol. The zero-order valence-electron chi connectivity index (χ0n) is 18.1. The van der Waals surface area contributed by atoms with Crippen molar-refractivity contribution in [2.24, 2.45) is 5.92 Å². The molecule has 172 valence electrons. The fourth-order valence-electron chi connectivity index (χ4n) is 3.52. The smallest absolute Gasteiger partial charge is 0.273 e. The molecule has 1 unspecified atom stereocenters. The molecule has 1 aliphatic rings. The average molecular weight is 470 g/mol. The van der Waals surface area contributed by atoms with Gasteiger partial charge in [0.2, 0.25) is 5.91 Å². The Hall–Kier alpha value is -3.66. The Morgan fingerprint density at radius 3 is 2.67 bits per heavy atom. The standard InChI is InChI=1S/C23H23N3O6S/c1-26-20-12-18(33(2,29)30)8-9-21(20)31-14-16(23(26)28)13-24-22(27)19-11-17(32-25-19)10-15-6-4-3-5-7-15/h3-9,11-12,16H,10,13-14H2,1-2H3,(H,24,27). The van der Waals surface area contributed by atoms with E-state index < -0.39 is 21.7 Å². The van der Waals surface area contributed by atoms with E-state index in [-0.39, 0.29) is 29.6 Å². The van der Waals surface area contributed by atoms with E-state index in [9.17, 15) is 18.0 Å². The molecular formula is C23H23N3O6S. The zero-order valence-corrected chi connectivity index (χ0v) is 19.0. The number of anilines is 1. The van der Waals surface area contributed by atoms with Gasteiger partial charge in [0.25, 0.3) is 5.91 Å². The van der Waals surface area contributed by atoms with E-state index in [0.717, 1.165) is 11.8 Å². The highest BCUT2D eigenvalue weighted by Crippen LogP contribution is 2.33. The molecule has 0 saturated heterocycles. The number of rotatable bonds is 6. The molecule has 1 N–H and O–H groups in total. The van der Waals surface area contributed by atoms with Gasteiger partial charge in [-0.1, -0.05) is 35.5 Å². The second kappa shape index (κ2) is 9.07. The summed E-state index contributed by atoms with van der Waals surface area (Å²) < 4.78 is 34.7. The highest BCUT2D eigenvalue weighted by Gasteiger charge is 2.30. The van der Waals surface area contributed by atoms with Gasteiger partial charge in [0.15, 0.2) is 15.5 Å². The summed E-state index contributed by atoms with van der Waals surface area (Å²) in [6.45, 7) is 0.0581. The van der Waals surface area contributed by atoms with Crippen molar-refractivity contribution in [3.8, 4) is 5.75 Å². The largest absolute Gasteiger partial charge is 0.490 e. The van der Waals surface area contributed by atoms with Gasteiger partial charge in [-0.2, -0.15) is 0 Å². The lowest BCUT2D eigenvalue weighted by Gasteiger charge is -2.20. The normalized spacial score (nSPS) is 16.0. The van der Waals surface area contributed by atoms with Crippen LogP contribution in [0.3, 0.4) is 0 Å². The molecule has 4 rings (SSSR count). The average Bonchev–Trinajstić information content (AvgIpc) is 3.22. The maximum atomic E-state index is 12.9. The molecule has 0 spiro atoms. The van der Waals surface area contributed by atoms with Crippen LogP contribution < -0.4 is 15.0 Å². The van der Waals surface area contributed by atoms with Gasteiger partial charge >= 0.3 is 0 Å². The Balaban J connectivity index is 1.40. The first-order valence-electron chi connectivity index (χ1n) is 10.2. The first kappa shape index (κ1) is 22.5. The molecule has 1 atom stereocenters. The minimum Gasteiger partial charge on any atom is -0.490 e. The number of sulfone groups is 1. The number of ether oxygens (including phenoxy) is 1. The van der Waals surface area contributed by atoms with Crippen LogP contribution >= 0.6 is 0 Å². The van der Waals surface area contributed by atoms with Gasteiger partial charge in [0.05, 0.1) is 16.5 Å². The van der Waals surface area contributed by atoms with Crippen molar-refractivity contribution in [1.29, 1.82) is 0 Å². The number of nitrogens with one attached hydrogen (secondary N) is 1. The fraction of sp³-hybridized carbons (Fsp3) is 0.261. The minimum absolute atomic E-state index is 0.0236. The van der Waals surface area contributed by atoms with Crippen LogP contribution in [0.5, 0.6) is 5.75 Å². The Bertz CT molecular complexity index is 1290. The molecule has 0 saturated carbocycles. The quantitative estimate of drug-likeness (QED) is 0.587. The van der Waals surface area contributed by atoms with Crippen molar-refractivity contribution in [2.45, 2.75) is 11.3 Å². The van der Waals surface area contributed by atoms with Crippen molar-refractivity contribution in [3.63, 3.8) is 0 Å².